The van der Waals surface area contributed by atoms with Crippen LogP contribution in [-0.4, -0.2) is 28.8 Å². The maximum atomic E-state index is 12.5. The summed E-state index contributed by atoms with van der Waals surface area (Å²) >= 11 is 0. The summed E-state index contributed by atoms with van der Waals surface area (Å²) in [5, 5.41) is 0. The monoisotopic (exact) mass is 257 g/mol. The van der Waals surface area contributed by atoms with Gasteiger partial charge in [0.1, 0.15) is 5.70 Å². The highest BCUT2D eigenvalue weighted by Gasteiger charge is 2.91. The number of nitrogens with zero attached hydrogens (tertiary/aromatic N) is 1. The predicted octanol–water partition coefficient (Wildman–Crippen LogP) is 2.95. The number of hydrogen-bond acceptors (Lipinski definition) is 1. The topological polar surface area (TPSA) is 3.01 Å². The Balaban J connectivity index is 2.45. The molecule has 16 heavy (non-hydrogen) atoms. The molecule has 10 heteroatoms. The van der Waals surface area contributed by atoms with Gasteiger partial charge in [0.15, 0.2) is 0 Å². The van der Waals surface area contributed by atoms with E-state index in [1.807, 2.05) is 0 Å². The van der Waals surface area contributed by atoms with Gasteiger partial charge in [0.25, 0.3) is 0 Å². The molecule has 1 fully saturated rings. The van der Waals surface area contributed by atoms with Crippen molar-refractivity contribution in [1.82, 2.24) is 4.90 Å². The molecule has 0 unspecified atom stereocenters. The van der Waals surface area contributed by atoms with Crippen molar-refractivity contribution in [3.8, 4) is 0 Å². The molecule has 0 amide bonds. The van der Waals surface area contributed by atoms with Gasteiger partial charge in [-0.25, -0.2) is 9.29 Å². The molecule has 2 aliphatic rings. The fourth-order valence-electron chi connectivity index (χ4n) is 1.29. The maximum Gasteiger partial charge on any atom is 0.413 e. The van der Waals surface area contributed by atoms with Gasteiger partial charge in [0.2, 0.25) is 5.83 Å². The van der Waals surface area contributed by atoms with E-state index in [0.717, 1.165) is 0 Å². The molecule has 0 saturated carbocycles. The Bertz CT molecular complexity index is 381. The highest BCUT2D eigenvalue weighted by molar-refractivity contribution is 5.43. The number of rotatable bonds is 1. The largest absolute Gasteiger partial charge is 0.413 e. The van der Waals surface area contributed by atoms with Crippen LogP contribution >= 0.6 is 0 Å². The third-order valence-corrected chi connectivity index (χ3v) is 2.27. The Morgan fingerprint density at radius 2 is 1.06 bits per heavy atom. The van der Waals surface area contributed by atoms with E-state index in [4.69, 9.17) is 0 Å². The zero-order valence-corrected chi connectivity index (χ0v) is 6.85. The van der Waals surface area contributed by atoms with Gasteiger partial charge < -0.3 is 0 Å². The summed E-state index contributed by atoms with van der Waals surface area (Å²) in [5.41, 5.74) is -2.66. The first-order chi connectivity index (χ1) is 6.90. The summed E-state index contributed by atoms with van der Waals surface area (Å²) in [5.74, 6) is -13.6. The smallest absolute Gasteiger partial charge is 0.234 e. The lowest BCUT2D eigenvalue weighted by Crippen LogP contribution is -2.55. The molecule has 1 saturated heterocycles. The molecule has 0 radical (unpaired) electrons. The van der Waals surface area contributed by atoms with Crippen LogP contribution in [0.5, 0.6) is 0 Å². The zero-order valence-electron chi connectivity index (χ0n) is 6.85. The quantitative estimate of drug-likeness (QED) is 0.396. The fourth-order valence-corrected chi connectivity index (χ4v) is 1.29. The molecular weight excluding hydrogens is 257 g/mol. The second kappa shape index (κ2) is 2.28. The summed E-state index contributed by atoms with van der Waals surface area (Å²) in [7, 11) is 0. The van der Waals surface area contributed by atoms with Gasteiger partial charge in [-0.15, -0.1) is 0 Å². The summed E-state index contributed by atoms with van der Waals surface area (Å²) in [6.45, 7) is 0. The highest BCUT2D eigenvalue weighted by Crippen LogP contribution is 2.68. The molecule has 0 N–H and O–H groups in total. The first-order valence-electron chi connectivity index (χ1n) is 3.62. The van der Waals surface area contributed by atoms with Crippen molar-refractivity contribution >= 4 is 0 Å². The SMILES string of the molecule is FC1=C(N2C(F)(F)C2(F)F)C(F)(F)C1(F)F. The van der Waals surface area contributed by atoms with Crippen LogP contribution in [0.25, 0.3) is 0 Å². The first kappa shape index (κ1) is 11.4. The van der Waals surface area contributed by atoms with Crippen LogP contribution in [0.2, 0.25) is 0 Å². The molecule has 0 aromatic carbocycles. The average Bonchev–Trinajstić information content (AvgIpc) is 2.47. The molecule has 0 aromatic rings. The number of hydrogen-bond donors (Lipinski definition) is 0. The maximum absolute atomic E-state index is 12.5. The van der Waals surface area contributed by atoms with Crippen molar-refractivity contribution in [1.29, 1.82) is 0 Å². The van der Waals surface area contributed by atoms with Crippen molar-refractivity contribution in [3.05, 3.63) is 11.5 Å². The summed E-state index contributed by atoms with van der Waals surface area (Å²) in [6, 6.07) is -10.1. The second-order valence-electron chi connectivity index (χ2n) is 3.23. The average molecular weight is 257 g/mol. The van der Waals surface area contributed by atoms with Crippen LogP contribution in [0.1, 0.15) is 0 Å². The third kappa shape index (κ3) is 0.832. The third-order valence-electron chi connectivity index (χ3n) is 2.27. The van der Waals surface area contributed by atoms with Gasteiger partial charge in [-0.1, -0.05) is 0 Å². The molecule has 1 heterocycles. The van der Waals surface area contributed by atoms with Gasteiger partial charge in [0, 0.05) is 0 Å². The Kier molecular flexibility index (Phi) is 1.62. The normalized spacial score (nSPS) is 32.4. The lowest BCUT2D eigenvalue weighted by molar-refractivity contribution is -0.219. The first-order valence-corrected chi connectivity index (χ1v) is 3.62. The van der Waals surface area contributed by atoms with Crippen LogP contribution in [0.4, 0.5) is 39.5 Å². The van der Waals surface area contributed by atoms with E-state index in [2.05, 4.69) is 0 Å². The molecule has 1 aliphatic heterocycles. The summed E-state index contributed by atoms with van der Waals surface area (Å²) in [6.07, 6.45) is 0. The molecule has 2 rings (SSSR count). The van der Waals surface area contributed by atoms with E-state index in [9.17, 15) is 39.5 Å². The fraction of sp³-hybridized carbons (Fsp3) is 0.667. The minimum absolute atomic E-state index is 1.65. The van der Waals surface area contributed by atoms with Gasteiger partial charge >= 0.3 is 23.9 Å². The number of alkyl halides is 8. The van der Waals surface area contributed by atoms with E-state index >= 15 is 0 Å². The zero-order chi connectivity index (χ0) is 12.7. The Labute approximate surface area is 81.1 Å². The molecule has 0 atom stereocenters. The van der Waals surface area contributed by atoms with Crippen LogP contribution in [0, 0.1) is 0 Å². The number of allylic oxidation sites excluding steroid dienone is 2. The van der Waals surface area contributed by atoms with Crippen LogP contribution in [0.3, 0.4) is 0 Å². The van der Waals surface area contributed by atoms with Crippen LogP contribution in [-0.2, 0) is 0 Å². The van der Waals surface area contributed by atoms with Gasteiger partial charge in [-0.05, 0) is 0 Å². The van der Waals surface area contributed by atoms with Crippen LogP contribution < -0.4 is 0 Å². The molecule has 1 nitrogen and oxygen atoms in total. The highest BCUT2D eigenvalue weighted by atomic mass is 19.3. The standard InChI is InChI=1S/C6F9N/c7-1-2(4(10,11)3(1,8)9)16-5(12,13)6(16,14)15. The van der Waals surface area contributed by atoms with Crippen molar-refractivity contribution < 1.29 is 39.5 Å². The van der Waals surface area contributed by atoms with Crippen molar-refractivity contribution in [2.75, 3.05) is 0 Å². The van der Waals surface area contributed by atoms with E-state index in [1.165, 1.54) is 0 Å². The summed E-state index contributed by atoms with van der Waals surface area (Å²) in [4.78, 5) is -1.65. The molecule has 1 aliphatic carbocycles. The number of halogens is 9. The molecular formula is C6F9N. The molecule has 0 bridgehead atoms. The van der Waals surface area contributed by atoms with Gasteiger partial charge in [-0.2, -0.15) is 35.1 Å². The van der Waals surface area contributed by atoms with Crippen molar-refractivity contribution in [2.24, 2.45) is 0 Å². The second-order valence-corrected chi connectivity index (χ2v) is 3.23. The van der Waals surface area contributed by atoms with E-state index < -0.39 is 40.4 Å². The van der Waals surface area contributed by atoms with E-state index in [1.54, 1.807) is 0 Å². The Morgan fingerprint density at radius 3 is 1.31 bits per heavy atom. The predicted molar refractivity (Wildman–Crippen MR) is 29.8 cm³/mol. The van der Waals surface area contributed by atoms with E-state index in [-0.39, 0.29) is 0 Å². The van der Waals surface area contributed by atoms with Crippen molar-refractivity contribution in [3.63, 3.8) is 0 Å². The van der Waals surface area contributed by atoms with Crippen molar-refractivity contribution in [2.45, 2.75) is 23.9 Å². The minimum Gasteiger partial charge on any atom is -0.234 e. The molecule has 92 valence electrons. The summed E-state index contributed by atoms with van der Waals surface area (Å²) < 4.78 is 110. The van der Waals surface area contributed by atoms with Gasteiger partial charge in [0.05, 0.1) is 0 Å². The minimum atomic E-state index is -5.36. The van der Waals surface area contributed by atoms with Gasteiger partial charge in [-0.3, -0.25) is 0 Å². The van der Waals surface area contributed by atoms with E-state index in [0.29, 0.717) is 0 Å². The molecule has 0 aromatic heterocycles. The lowest BCUT2D eigenvalue weighted by Gasteiger charge is -2.36. The lowest BCUT2D eigenvalue weighted by atomic mass is 9.93. The Morgan fingerprint density at radius 1 is 0.688 bits per heavy atom. The Hall–Kier alpha value is -1.09. The van der Waals surface area contributed by atoms with Crippen LogP contribution in [0.15, 0.2) is 11.5 Å². The molecule has 0 spiro atoms.